The van der Waals surface area contributed by atoms with E-state index in [9.17, 15) is 4.79 Å². The van der Waals surface area contributed by atoms with E-state index in [4.69, 9.17) is 10.5 Å². The number of ether oxygens (including phenoxy) is 1. The van der Waals surface area contributed by atoms with Crippen molar-refractivity contribution in [2.75, 3.05) is 13.2 Å². The standard InChI is InChI=1S/C15H28N2O2.ClH/c16-13-8-7-12(11-13)15(18)17-9-10-19-14-5-3-1-2-4-6-14;/h12-14H,1-11,16H2,(H,17,18);1H. The molecule has 2 rings (SSSR count). The van der Waals surface area contributed by atoms with Crippen molar-refractivity contribution < 1.29 is 9.53 Å². The molecular weight excluding hydrogens is 276 g/mol. The molecular formula is C15H29ClN2O2. The maximum atomic E-state index is 11.9. The van der Waals surface area contributed by atoms with Gasteiger partial charge in [-0.3, -0.25) is 4.79 Å². The third kappa shape index (κ3) is 5.98. The third-order valence-corrected chi connectivity index (χ3v) is 4.40. The maximum Gasteiger partial charge on any atom is 0.223 e. The normalized spacial score (nSPS) is 27.6. The van der Waals surface area contributed by atoms with E-state index in [2.05, 4.69) is 5.32 Å². The SMILES string of the molecule is Cl.NC1CCC(C(=O)NCCOC2CCCCCC2)C1. The van der Waals surface area contributed by atoms with Gasteiger partial charge in [-0.1, -0.05) is 25.7 Å². The van der Waals surface area contributed by atoms with Crippen molar-refractivity contribution in [1.82, 2.24) is 5.32 Å². The molecule has 2 saturated carbocycles. The fourth-order valence-electron chi connectivity index (χ4n) is 3.21. The number of amides is 1. The number of carbonyl (C=O) groups excluding carboxylic acids is 1. The molecule has 118 valence electrons. The highest BCUT2D eigenvalue weighted by molar-refractivity contribution is 5.85. The van der Waals surface area contributed by atoms with Crippen molar-refractivity contribution in [3.8, 4) is 0 Å². The monoisotopic (exact) mass is 304 g/mol. The average molecular weight is 305 g/mol. The minimum absolute atomic E-state index is 0. The highest BCUT2D eigenvalue weighted by atomic mass is 35.5. The predicted molar refractivity (Wildman–Crippen MR) is 83.0 cm³/mol. The van der Waals surface area contributed by atoms with Gasteiger partial charge in [0.25, 0.3) is 0 Å². The van der Waals surface area contributed by atoms with Gasteiger partial charge in [-0.15, -0.1) is 12.4 Å². The van der Waals surface area contributed by atoms with E-state index >= 15 is 0 Å². The van der Waals surface area contributed by atoms with E-state index in [-0.39, 0.29) is 30.3 Å². The van der Waals surface area contributed by atoms with Crippen LogP contribution in [-0.4, -0.2) is 31.2 Å². The summed E-state index contributed by atoms with van der Waals surface area (Å²) in [6, 6.07) is 0.220. The second-order valence-electron chi connectivity index (χ2n) is 6.05. The van der Waals surface area contributed by atoms with E-state index in [0.717, 1.165) is 19.3 Å². The molecule has 20 heavy (non-hydrogen) atoms. The molecule has 0 aromatic heterocycles. The number of nitrogens with two attached hydrogens (primary N) is 1. The number of nitrogens with one attached hydrogen (secondary N) is 1. The van der Waals surface area contributed by atoms with Crippen molar-refractivity contribution in [1.29, 1.82) is 0 Å². The van der Waals surface area contributed by atoms with Crippen LogP contribution in [0.5, 0.6) is 0 Å². The molecule has 0 aromatic carbocycles. The van der Waals surface area contributed by atoms with Gasteiger partial charge < -0.3 is 15.8 Å². The summed E-state index contributed by atoms with van der Waals surface area (Å²) in [7, 11) is 0. The number of hydrogen-bond donors (Lipinski definition) is 2. The summed E-state index contributed by atoms with van der Waals surface area (Å²) >= 11 is 0. The number of rotatable bonds is 5. The van der Waals surface area contributed by atoms with E-state index in [0.29, 0.717) is 19.3 Å². The van der Waals surface area contributed by atoms with Crippen molar-refractivity contribution in [2.45, 2.75) is 69.9 Å². The van der Waals surface area contributed by atoms with E-state index in [1.807, 2.05) is 0 Å². The Kier molecular flexibility index (Phi) is 8.50. The van der Waals surface area contributed by atoms with Crippen LogP contribution in [0.2, 0.25) is 0 Å². The van der Waals surface area contributed by atoms with Crippen LogP contribution >= 0.6 is 12.4 Å². The zero-order valence-corrected chi connectivity index (χ0v) is 13.1. The van der Waals surface area contributed by atoms with Crippen LogP contribution in [0, 0.1) is 5.92 Å². The molecule has 2 atom stereocenters. The summed E-state index contributed by atoms with van der Waals surface area (Å²) in [4.78, 5) is 11.9. The molecule has 5 heteroatoms. The van der Waals surface area contributed by atoms with Crippen LogP contribution in [0.25, 0.3) is 0 Å². The Labute approximate surface area is 128 Å². The van der Waals surface area contributed by atoms with Gasteiger partial charge in [0.05, 0.1) is 12.7 Å². The lowest BCUT2D eigenvalue weighted by molar-refractivity contribution is -0.125. The first-order chi connectivity index (χ1) is 9.25. The van der Waals surface area contributed by atoms with E-state index in [1.54, 1.807) is 0 Å². The summed E-state index contributed by atoms with van der Waals surface area (Å²) in [6.07, 6.45) is 10.8. The molecule has 4 nitrogen and oxygen atoms in total. The van der Waals surface area contributed by atoms with Crippen LogP contribution in [0.15, 0.2) is 0 Å². The summed E-state index contributed by atoms with van der Waals surface area (Å²) in [5.74, 6) is 0.297. The highest BCUT2D eigenvalue weighted by Crippen LogP contribution is 2.24. The molecule has 0 aromatic rings. The van der Waals surface area contributed by atoms with E-state index in [1.165, 1.54) is 38.5 Å². The summed E-state index contributed by atoms with van der Waals surface area (Å²) in [5, 5.41) is 2.98. The van der Waals surface area contributed by atoms with Crippen LogP contribution in [0.4, 0.5) is 0 Å². The molecule has 0 heterocycles. The molecule has 0 radical (unpaired) electrons. The fourth-order valence-corrected chi connectivity index (χ4v) is 3.21. The Balaban J connectivity index is 0.00000200. The van der Waals surface area contributed by atoms with Gasteiger partial charge in [0.1, 0.15) is 0 Å². The Morgan fingerprint density at radius 3 is 2.40 bits per heavy atom. The molecule has 3 N–H and O–H groups in total. The van der Waals surface area contributed by atoms with Crippen LogP contribution in [-0.2, 0) is 9.53 Å². The van der Waals surface area contributed by atoms with Gasteiger partial charge >= 0.3 is 0 Å². The number of carbonyl (C=O) groups is 1. The molecule has 1 amide bonds. The maximum absolute atomic E-state index is 11.9. The molecule has 0 spiro atoms. The van der Waals surface area contributed by atoms with E-state index < -0.39 is 0 Å². The molecule has 0 aliphatic heterocycles. The first kappa shape index (κ1) is 17.7. The summed E-state index contributed by atoms with van der Waals surface area (Å²) in [6.45, 7) is 1.29. The topological polar surface area (TPSA) is 64.4 Å². The molecule has 2 aliphatic rings. The van der Waals surface area contributed by atoms with Gasteiger partial charge in [0.2, 0.25) is 5.91 Å². The van der Waals surface area contributed by atoms with Crippen molar-refractivity contribution in [2.24, 2.45) is 11.7 Å². The molecule has 2 fully saturated rings. The Bertz CT molecular complexity index is 281. The van der Waals surface area contributed by atoms with Crippen molar-refractivity contribution >= 4 is 18.3 Å². The average Bonchev–Trinajstić information content (AvgIpc) is 2.68. The summed E-state index contributed by atoms with van der Waals surface area (Å²) in [5.41, 5.74) is 5.83. The molecule has 2 aliphatic carbocycles. The van der Waals surface area contributed by atoms with Gasteiger partial charge in [-0.2, -0.15) is 0 Å². The van der Waals surface area contributed by atoms with Gasteiger partial charge in [-0.25, -0.2) is 0 Å². The van der Waals surface area contributed by atoms with Gasteiger partial charge in [0, 0.05) is 18.5 Å². The first-order valence-electron chi connectivity index (χ1n) is 7.90. The minimum Gasteiger partial charge on any atom is -0.376 e. The minimum atomic E-state index is 0. The molecule has 0 saturated heterocycles. The lowest BCUT2D eigenvalue weighted by Gasteiger charge is -2.16. The predicted octanol–water partition coefficient (Wildman–Crippen LogP) is 2.39. The first-order valence-corrected chi connectivity index (χ1v) is 7.90. The zero-order valence-electron chi connectivity index (χ0n) is 12.3. The lowest BCUT2D eigenvalue weighted by atomic mass is 10.1. The zero-order chi connectivity index (χ0) is 13.5. The molecule has 2 unspecified atom stereocenters. The van der Waals surface area contributed by atoms with Crippen molar-refractivity contribution in [3.05, 3.63) is 0 Å². The highest BCUT2D eigenvalue weighted by Gasteiger charge is 2.27. The quantitative estimate of drug-likeness (QED) is 0.605. The van der Waals surface area contributed by atoms with Crippen LogP contribution in [0.3, 0.4) is 0 Å². The largest absolute Gasteiger partial charge is 0.376 e. The van der Waals surface area contributed by atoms with Crippen LogP contribution < -0.4 is 11.1 Å². The Hall–Kier alpha value is -0.320. The third-order valence-electron chi connectivity index (χ3n) is 4.40. The second-order valence-corrected chi connectivity index (χ2v) is 6.05. The summed E-state index contributed by atoms with van der Waals surface area (Å²) < 4.78 is 5.86. The number of halogens is 1. The van der Waals surface area contributed by atoms with Gasteiger partial charge in [-0.05, 0) is 32.1 Å². The lowest BCUT2D eigenvalue weighted by Crippen LogP contribution is -2.33. The Morgan fingerprint density at radius 1 is 1.10 bits per heavy atom. The smallest absolute Gasteiger partial charge is 0.223 e. The number of hydrogen-bond acceptors (Lipinski definition) is 3. The fraction of sp³-hybridized carbons (Fsp3) is 0.933. The second kappa shape index (κ2) is 9.59. The van der Waals surface area contributed by atoms with Gasteiger partial charge in [0.15, 0.2) is 0 Å². The van der Waals surface area contributed by atoms with Crippen molar-refractivity contribution in [3.63, 3.8) is 0 Å². The molecule has 0 bridgehead atoms. The Morgan fingerprint density at radius 2 is 1.80 bits per heavy atom. The van der Waals surface area contributed by atoms with Crippen LogP contribution in [0.1, 0.15) is 57.8 Å².